The molecule has 0 bridgehead atoms. The van der Waals surface area contributed by atoms with Crippen LogP contribution < -0.4 is 16.3 Å². The van der Waals surface area contributed by atoms with Gasteiger partial charge >= 0.3 is 5.69 Å². The van der Waals surface area contributed by atoms with Crippen molar-refractivity contribution in [2.75, 3.05) is 44.4 Å². The van der Waals surface area contributed by atoms with E-state index in [1.807, 2.05) is 6.92 Å². The highest BCUT2D eigenvalue weighted by Crippen LogP contribution is 2.35. The second-order valence-corrected chi connectivity index (χ2v) is 12.4. The Morgan fingerprint density at radius 2 is 1.81 bits per heavy atom. The van der Waals surface area contributed by atoms with E-state index in [-0.39, 0.29) is 70.3 Å². The third-order valence-corrected chi connectivity index (χ3v) is 9.20. The number of aromatic nitrogens is 3. The molecule has 1 saturated heterocycles. The number of nitrogen functional groups attached to an aromatic ring is 1. The monoisotopic (exact) mass is 609 g/mol. The molecule has 2 aromatic carbocycles. The first-order chi connectivity index (χ1) is 20.4. The lowest BCUT2D eigenvalue weighted by Crippen LogP contribution is -2.54. The Hall–Kier alpha value is -4.69. The molecule has 14 heteroatoms. The number of para-hydroxylation sites is 1. The predicted octanol–water partition coefficient (Wildman–Crippen LogP) is 2.78. The van der Waals surface area contributed by atoms with E-state index in [2.05, 4.69) is 16.5 Å². The highest BCUT2D eigenvalue weighted by Gasteiger charge is 2.31. The lowest BCUT2D eigenvalue weighted by atomic mass is 10.1. The zero-order valence-electron chi connectivity index (χ0n) is 23.7. The molecule has 2 N–H and O–H groups in total. The Balaban J connectivity index is 1.84. The molecular formula is C29H29F2N7O4S. The third kappa shape index (κ3) is 5.12. The highest BCUT2D eigenvalue weighted by atomic mass is 32.2. The first kappa shape index (κ1) is 29.8. The van der Waals surface area contributed by atoms with Crippen molar-refractivity contribution in [1.29, 1.82) is 0 Å². The van der Waals surface area contributed by atoms with E-state index in [1.165, 1.54) is 56.6 Å². The topological polar surface area (TPSA) is 135 Å². The van der Waals surface area contributed by atoms with E-state index in [1.54, 1.807) is 9.80 Å². The van der Waals surface area contributed by atoms with Crippen LogP contribution in [0.15, 0.2) is 70.9 Å². The van der Waals surface area contributed by atoms with E-state index >= 15 is 4.39 Å². The molecule has 1 aliphatic heterocycles. The summed E-state index contributed by atoms with van der Waals surface area (Å²) >= 11 is 0. The SMILES string of the molecule is C=CC(=O)N1CCN(c2nc(=O)n(-c3ccccc3S(=O)(=O)N(C)C)c3nc(-c4c(N)cccc4F)c(F)cc23)[C@@H](C)C1. The number of piperazine rings is 1. The van der Waals surface area contributed by atoms with Gasteiger partial charge in [-0.3, -0.25) is 4.79 Å². The van der Waals surface area contributed by atoms with Gasteiger partial charge in [0.25, 0.3) is 0 Å². The molecule has 0 aliphatic carbocycles. The molecule has 0 spiro atoms. The Morgan fingerprint density at radius 3 is 2.47 bits per heavy atom. The summed E-state index contributed by atoms with van der Waals surface area (Å²) in [7, 11) is -1.38. The second kappa shape index (κ2) is 11.2. The van der Waals surface area contributed by atoms with E-state index in [4.69, 9.17) is 5.73 Å². The number of halogens is 2. The Labute approximate surface area is 246 Å². The number of anilines is 2. The summed E-state index contributed by atoms with van der Waals surface area (Å²) in [4.78, 5) is 37.9. The molecule has 0 unspecified atom stereocenters. The minimum Gasteiger partial charge on any atom is -0.398 e. The van der Waals surface area contributed by atoms with Gasteiger partial charge in [0.1, 0.15) is 22.2 Å². The van der Waals surface area contributed by atoms with Crippen LogP contribution in [0.25, 0.3) is 28.0 Å². The lowest BCUT2D eigenvalue weighted by molar-refractivity contribution is -0.126. The quantitative estimate of drug-likeness (QED) is 0.261. The van der Waals surface area contributed by atoms with Crippen LogP contribution in [-0.4, -0.2) is 77.8 Å². The third-order valence-electron chi connectivity index (χ3n) is 7.33. The summed E-state index contributed by atoms with van der Waals surface area (Å²) in [6, 6.07) is 10.4. The molecule has 1 aliphatic rings. The fourth-order valence-corrected chi connectivity index (χ4v) is 6.23. The van der Waals surface area contributed by atoms with Gasteiger partial charge in [-0.2, -0.15) is 4.98 Å². The zero-order valence-corrected chi connectivity index (χ0v) is 24.5. The maximum absolute atomic E-state index is 15.8. The fraction of sp³-hybridized carbons (Fsp3) is 0.241. The van der Waals surface area contributed by atoms with Gasteiger partial charge in [0.05, 0.1) is 16.6 Å². The fourth-order valence-electron chi connectivity index (χ4n) is 5.17. The van der Waals surface area contributed by atoms with Crippen LogP contribution in [-0.2, 0) is 14.8 Å². The molecule has 3 heterocycles. The molecule has 2 aromatic heterocycles. The number of fused-ring (bicyclic) bond motifs is 1. The normalized spacial score (nSPS) is 15.7. The number of amides is 1. The van der Waals surface area contributed by atoms with Gasteiger partial charge in [-0.05, 0) is 43.3 Å². The van der Waals surface area contributed by atoms with Gasteiger partial charge in [0.15, 0.2) is 11.5 Å². The molecule has 1 atom stereocenters. The van der Waals surface area contributed by atoms with E-state index < -0.39 is 33.0 Å². The van der Waals surface area contributed by atoms with Crippen LogP contribution in [0.3, 0.4) is 0 Å². The molecule has 0 radical (unpaired) electrons. The number of sulfonamides is 1. The Bertz CT molecular complexity index is 1930. The first-order valence-corrected chi connectivity index (χ1v) is 14.7. The van der Waals surface area contributed by atoms with E-state index in [9.17, 15) is 22.4 Å². The minimum absolute atomic E-state index is 0.0724. The molecule has 1 fully saturated rings. The molecule has 11 nitrogen and oxygen atoms in total. The van der Waals surface area contributed by atoms with Crippen LogP contribution in [0.2, 0.25) is 0 Å². The van der Waals surface area contributed by atoms with Gasteiger partial charge in [-0.1, -0.05) is 24.8 Å². The number of carbonyl (C=O) groups is 1. The number of benzene rings is 2. The number of hydrogen-bond donors (Lipinski definition) is 1. The second-order valence-electron chi connectivity index (χ2n) is 10.2. The molecule has 0 saturated carbocycles. The molecular weight excluding hydrogens is 580 g/mol. The number of nitrogens with two attached hydrogens (primary N) is 1. The van der Waals surface area contributed by atoms with Crippen molar-refractivity contribution in [3.63, 3.8) is 0 Å². The van der Waals surface area contributed by atoms with Crippen LogP contribution >= 0.6 is 0 Å². The Kier molecular flexibility index (Phi) is 7.75. The van der Waals surface area contributed by atoms with Crippen molar-refractivity contribution in [2.45, 2.75) is 17.9 Å². The van der Waals surface area contributed by atoms with Crippen molar-refractivity contribution >= 4 is 38.5 Å². The largest absolute Gasteiger partial charge is 0.398 e. The van der Waals surface area contributed by atoms with Gasteiger partial charge in [-0.15, -0.1) is 0 Å². The Morgan fingerprint density at radius 1 is 1.09 bits per heavy atom. The van der Waals surface area contributed by atoms with Crippen LogP contribution in [0.1, 0.15) is 6.92 Å². The molecule has 5 rings (SSSR count). The minimum atomic E-state index is -4.07. The maximum Gasteiger partial charge on any atom is 0.355 e. The molecule has 224 valence electrons. The molecule has 4 aromatic rings. The van der Waals surface area contributed by atoms with Crippen molar-refractivity contribution in [3.8, 4) is 16.9 Å². The highest BCUT2D eigenvalue weighted by molar-refractivity contribution is 7.89. The zero-order chi connectivity index (χ0) is 31.2. The number of rotatable bonds is 6. The average Bonchev–Trinajstić information content (AvgIpc) is 2.96. The van der Waals surface area contributed by atoms with Gasteiger partial charge in [0, 0.05) is 45.5 Å². The van der Waals surface area contributed by atoms with Crippen LogP contribution in [0.5, 0.6) is 0 Å². The van der Waals surface area contributed by atoms with Crippen molar-refractivity contribution in [1.82, 2.24) is 23.7 Å². The van der Waals surface area contributed by atoms with Crippen LogP contribution in [0, 0.1) is 11.6 Å². The van der Waals surface area contributed by atoms with Crippen molar-refractivity contribution < 1.29 is 22.0 Å². The summed E-state index contributed by atoms with van der Waals surface area (Å²) in [5.41, 5.74) is 4.03. The molecule has 1 amide bonds. The summed E-state index contributed by atoms with van der Waals surface area (Å²) in [5.74, 6) is -1.93. The summed E-state index contributed by atoms with van der Waals surface area (Å²) in [6.45, 7) is 6.16. The van der Waals surface area contributed by atoms with Gasteiger partial charge in [-0.25, -0.2) is 35.8 Å². The average molecular weight is 610 g/mol. The smallest absolute Gasteiger partial charge is 0.355 e. The van der Waals surface area contributed by atoms with E-state index in [0.29, 0.717) is 0 Å². The van der Waals surface area contributed by atoms with Crippen molar-refractivity contribution in [2.24, 2.45) is 0 Å². The van der Waals surface area contributed by atoms with Gasteiger partial charge in [0.2, 0.25) is 15.9 Å². The lowest BCUT2D eigenvalue weighted by Gasteiger charge is -2.40. The van der Waals surface area contributed by atoms with Crippen molar-refractivity contribution in [3.05, 3.63) is 83.3 Å². The summed E-state index contributed by atoms with van der Waals surface area (Å²) < 4.78 is 59.3. The van der Waals surface area contributed by atoms with Gasteiger partial charge < -0.3 is 15.5 Å². The summed E-state index contributed by atoms with van der Waals surface area (Å²) in [5, 5.41) is 0.0724. The standard InChI is InChI=1S/C29H29F2N7O4S/c1-5-24(39)36-13-14-37(17(2)16-36)27-18-15-20(31)26(25-19(30)9-8-10-21(25)32)33-28(18)38(29(40)34-27)22-11-6-7-12-23(22)43(41,42)35(3)4/h5-12,15,17H,1,13-14,16,32H2,2-4H3/t17-/m0/s1. The maximum atomic E-state index is 15.8. The number of pyridine rings is 1. The summed E-state index contributed by atoms with van der Waals surface area (Å²) in [6.07, 6.45) is 1.21. The van der Waals surface area contributed by atoms with E-state index in [0.717, 1.165) is 21.0 Å². The number of nitrogens with zero attached hydrogens (tertiary/aromatic N) is 6. The predicted molar refractivity (Wildman–Crippen MR) is 159 cm³/mol. The number of hydrogen-bond acceptors (Lipinski definition) is 8. The van der Waals surface area contributed by atoms with Crippen LogP contribution in [0.4, 0.5) is 20.3 Å². The first-order valence-electron chi connectivity index (χ1n) is 13.2. The number of carbonyl (C=O) groups excluding carboxylic acids is 1. The molecule has 43 heavy (non-hydrogen) atoms.